The van der Waals surface area contributed by atoms with Gasteiger partial charge in [0.2, 0.25) is 5.91 Å². The molecular weight excluding hydrogens is 436 g/mol. The smallest absolute Gasteiger partial charge is 0.226 e. The molecule has 0 atom stereocenters. The SMILES string of the molecule is CCOc1cc(CNc2ccc(NC(=O)C(C)C)cc2)c(Cl)cc1OCc1ccc(C)cc1. The third kappa shape index (κ3) is 7.16. The van der Waals surface area contributed by atoms with Gasteiger partial charge in [-0.3, -0.25) is 4.79 Å². The van der Waals surface area contributed by atoms with Crippen molar-refractivity contribution >= 4 is 28.9 Å². The summed E-state index contributed by atoms with van der Waals surface area (Å²) in [4.78, 5) is 11.8. The molecular formula is C27H31ClN2O3. The van der Waals surface area contributed by atoms with E-state index in [1.54, 1.807) is 0 Å². The summed E-state index contributed by atoms with van der Waals surface area (Å²) in [7, 11) is 0. The van der Waals surface area contributed by atoms with Crippen molar-refractivity contribution in [1.29, 1.82) is 0 Å². The van der Waals surface area contributed by atoms with Gasteiger partial charge in [-0.15, -0.1) is 0 Å². The Hall–Kier alpha value is -3.18. The molecule has 0 fully saturated rings. The minimum atomic E-state index is -0.0617. The first-order chi connectivity index (χ1) is 15.9. The largest absolute Gasteiger partial charge is 0.490 e. The molecule has 2 N–H and O–H groups in total. The van der Waals surface area contributed by atoms with Gasteiger partial charge < -0.3 is 20.1 Å². The summed E-state index contributed by atoms with van der Waals surface area (Å²) in [6.07, 6.45) is 0. The number of halogens is 1. The van der Waals surface area contributed by atoms with Crippen LogP contribution < -0.4 is 20.1 Å². The monoisotopic (exact) mass is 466 g/mol. The van der Waals surface area contributed by atoms with Gasteiger partial charge in [-0.2, -0.15) is 0 Å². The van der Waals surface area contributed by atoms with Crippen LogP contribution in [0.2, 0.25) is 5.02 Å². The van der Waals surface area contributed by atoms with Crippen molar-refractivity contribution in [2.45, 2.75) is 40.8 Å². The summed E-state index contributed by atoms with van der Waals surface area (Å²) in [5.74, 6) is 1.22. The number of carbonyl (C=O) groups is 1. The summed E-state index contributed by atoms with van der Waals surface area (Å²) in [6.45, 7) is 9.22. The van der Waals surface area contributed by atoms with E-state index in [9.17, 15) is 4.79 Å². The number of ether oxygens (including phenoxy) is 2. The van der Waals surface area contributed by atoms with E-state index < -0.39 is 0 Å². The molecule has 0 bridgehead atoms. The molecule has 5 nitrogen and oxygen atoms in total. The Bertz CT molecular complexity index is 1060. The van der Waals surface area contributed by atoms with Gasteiger partial charge in [0.05, 0.1) is 6.61 Å². The number of rotatable bonds is 10. The maximum atomic E-state index is 11.8. The zero-order valence-electron chi connectivity index (χ0n) is 19.6. The normalized spacial score (nSPS) is 10.7. The molecule has 0 radical (unpaired) electrons. The van der Waals surface area contributed by atoms with Crippen LogP contribution >= 0.6 is 11.6 Å². The molecule has 3 rings (SSSR count). The van der Waals surface area contributed by atoms with Crippen LogP contribution in [0.1, 0.15) is 37.5 Å². The Labute approximate surface area is 201 Å². The summed E-state index contributed by atoms with van der Waals surface area (Å²) >= 11 is 6.56. The Morgan fingerprint density at radius 3 is 2.21 bits per heavy atom. The molecule has 0 aliphatic heterocycles. The quantitative estimate of drug-likeness (QED) is 0.343. The molecule has 33 heavy (non-hydrogen) atoms. The Balaban J connectivity index is 1.66. The van der Waals surface area contributed by atoms with E-state index in [2.05, 4.69) is 41.8 Å². The van der Waals surface area contributed by atoms with Crippen LogP contribution in [0.4, 0.5) is 11.4 Å². The third-order valence-electron chi connectivity index (χ3n) is 5.09. The highest BCUT2D eigenvalue weighted by Gasteiger charge is 2.12. The van der Waals surface area contributed by atoms with Crippen LogP contribution in [0.15, 0.2) is 60.7 Å². The van der Waals surface area contributed by atoms with E-state index in [0.29, 0.717) is 36.3 Å². The minimum absolute atomic E-state index is 0.00404. The van der Waals surface area contributed by atoms with Gasteiger partial charge in [-0.25, -0.2) is 0 Å². The van der Waals surface area contributed by atoms with Crippen molar-refractivity contribution < 1.29 is 14.3 Å². The van der Waals surface area contributed by atoms with Crippen molar-refractivity contribution in [3.8, 4) is 11.5 Å². The minimum Gasteiger partial charge on any atom is -0.490 e. The molecule has 1 amide bonds. The van der Waals surface area contributed by atoms with E-state index in [1.165, 1.54) is 5.56 Å². The first kappa shape index (κ1) is 24.5. The van der Waals surface area contributed by atoms with Gasteiger partial charge >= 0.3 is 0 Å². The number of hydrogen-bond donors (Lipinski definition) is 2. The lowest BCUT2D eigenvalue weighted by molar-refractivity contribution is -0.118. The molecule has 0 spiro atoms. The summed E-state index contributed by atoms with van der Waals surface area (Å²) < 4.78 is 11.8. The van der Waals surface area contributed by atoms with Crippen LogP contribution in [0.25, 0.3) is 0 Å². The molecule has 0 heterocycles. The lowest BCUT2D eigenvalue weighted by Crippen LogP contribution is -2.17. The predicted molar refractivity (Wildman–Crippen MR) is 135 cm³/mol. The Kier molecular flexibility index (Phi) is 8.61. The first-order valence-corrected chi connectivity index (χ1v) is 11.5. The van der Waals surface area contributed by atoms with Crippen LogP contribution in [0.5, 0.6) is 11.5 Å². The van der Waals surface area contributed by atoms with E-state index in [1.807, 2.05) is 57.2 Å². The fraction of sp³-hybridized carbons (Fsp3) is 0.296. The Morgan fingerprint density at radius 2 is 1.58 bits per heavy atom. The van der Waals surface area contributed by atoms with Crippen molar-refractivity contribution in [3.05, 3.63) is 82.4 Å². The second kappa shape index (κ2) is 11.6. The maximum absolute atomic E-state index is 11.8. The van der Waals surface area contributed by atoms with E-state index in [-0.39, 0.29) is 11.8 Å². The molecule has 3 aromatic carbocycles. The number of carbonyl (C=O) groups excluding carboxylic acids is 1. The average Bonchev–Trinajstić information content (AvgIpc) is 2.80. The van der Waals surface area contributed by atoms with Gasteiger partial charge in [0, 0.05) is 34.9 Å². The first-order valence-electron chi connectivity index (χ1n) is 11.1. The summed E-state index contributed by atoms with van der Waals surface area (Å²) in [5, 5.41) is 6.85. The lowest BCUT2D eigenvalue weighted by Gasteiger charge is -2.16. The zero-order chi connectivity index (χ0) is 23.8. The second-order valence-corrected chi connectivity index (χ2v) is 8.58. The number of aryl methyl sites for hydroxylation is 1. The molecule has 0 saturated carbocycles. The van der Waals surface area contributed by atoms with Crippen molar-refractivity contribution in [3.63, 3.8) is 0 Å². The van der Waals surface area contributed by atoms with Gasteiger partial charge in [-0.1, -0.05) is 55.3 Å². The van der Waals surface area contributed by atoms with Gasteiger partial charge in [0.25, 0.3) is 0 Å². The molecule has 0 aliphatic carbocycles. The molecule has 3 aromatic rings. The Morgan fingerprint density at radius 1 is 0.939 bits per heavy atom. The molecule has 0 aliphatic rings. The highest BCUT2D eigenvalue weighted by Crippen LogP contribution is 2.34. The van der Waals surface area contributed by atoms with Crippen molar-refractivity contribution in [1.82, 2.24) is 0 Å². The number of hydrogen-bond acceptors (Lipinski definition) is 4. The topological polar surface area (TPSA) is 59.6 Å². The maximum Gasteiger partial charge on any atom is 0.226 e. The van der Waals surface area contributed by atoms with E-state index >= 15 is 0 Å². The van der Waals surface area contributed by atoms with Crippen LogP contribution in [0.3, 0.4) is 0 Å². The molecule has 174 valence electrons. The zero-order valence-corrected chi connectivity index (χ0v) is 20.3. The average molecular weight is 467 g/mol. The van der Waals surface area contributed by atoms with Crippen LogP contribution in [0, 0.1) is 12.8 Å². The van der Waals surface area contributed by atoms with E-state index in [0.717, 1.165) is 22.5 Å². The predicted octanol–water partition coefficient (Wildman–Crippen LogP) is 6.83. The lowest BCUT2D eigenvalue weighted by atomic mass is 10.1. The van der Waals surface area contributed by atoms with Gasteiger partial charge in [-0.05, 0) is 55.3 Å². The standard InChI is InChI=1S/C27H31ClN2O3/c1-5-32-25-14-21(16-29-22-10-12-23(13-11-22)30-27(31)18(2)3)24(28)15-26(25)33-17-20-8-6-19(4)7-9-20/h6-15,18,29H,5,16-17H2,1-4H3,(H,30,31). The number of benzene rings is 3. The number of nitrogens with one attached hydrogen (secondary N) is 2. The van der Waals surface area contributed by atoms with Gasteiger partial charge in [0.1, 0.15) is 6.61 Å². The molecule has 0 aromatic heterocycles. The highest BCUT2D eigenvalue weighted by atomic mass is 35.5. The fourth-order valence-corrected chi connectivity index (χ4v) is 3.31. The van der Waals surface area contributed by atoms with Gasteiger partial charge in [0.15, 0.2) is 11.5 Å². The summed E-state index contributed by atoms with van der Waals surface area (Å²) in [6, 6.07) is 19.5. The van der Waals surface area contributed by atoms with Crippen molar-refractivity contribution in [2.75, 3.05) is 17.2 Å². The highest BCUT2D eigenvalue weighted by molar-refractivity contribution is 6.31. The number of anilines is 2. The fourth-order valence-electron chi connectivity index (χ4n) is 3.09. The van der Waals surface area contributed by atoms with Crippen molar-refractivity contribution in [2.24, 2.45) is 5.92 Å². The second-order valence-electron chi connectivity index (χ2n) is 8.17. The molecule has 6 heteroatoms. The van der Waals surface area contributed by atoms with Crippen LogP contribution in [-0.2, 0) is 17.9 Å². The third-order valence-corrected chi connectivity index (χ3v) is 5.44. The number of amides is 1. The van der Waals surface area contributed by atoms with Crippen LogP contribution in [-0.4, -0.2) is 12.5 Å². The summed E-state index contributed by atoms with van der Waals surface area (Å²) in [5.41, 5.74) is 4.89. The van der Waals surface area contributed by atoms with E-state index in [4.69, 9.17) is 21.1 Å². The molecule has 0 saturated heterocycles. The molecule has 0 unspecified atom stereocenters.